The van der Waals surface area contributed by atoms with Crippen molar-refractivity contribution in [3.05, 3.63) is 47.5 Å². The molecule has 1 unspecified atom stereocenters. The molecule has 0 aliphatic heterocycles. The summed E-state index contributed by atoms with van der Waals surface area (Å²) in [5.41, 5.74) is 2.83. The fourth-order valence-electron chi connectivity index (χ4n) is 2.47. The van der Waals surface area contributed by atoms with Gasteiger partial charge in [0.1, 0.15) is 0 Å². The molecule has 0 radical (unpaired) electrons. The number of hydrogen-bond donors (Lipinski definition) is 0. The summed E-state index contributed by atoms with van der Waals surface area (Å²) in [6, 6.07) is 10.4. The molecule has 0 aromatic heterocycles. The summed E-state index contributed by atoms with van der Waals surface area (Å²) in [7, 11) is 0. The summed E-state index contributed by atoms with van der Waals surface area (Å²) in [6.07, 6.45) is 7.45. The van der Waals surface area contributed by atoms with Gasteiger partial charge in [-0.15, -0.1) is 0 Å². The van der Waals surface area contributed by atoms with Crippen LogP contribution < -0.4 is 0 Å². The Hall–Kier alpha value is -1.08. The molecule has 1 aromatic rings. The Bertz CT molecular complexity index is 353. The summed E-state index contributed by atoms with van der Waals surface area (Å²) in [4.78, 5) is 0. The second kappa shape index (κ2) is 6.61. The molecular formula is C16H22O. The van der Waals surface area contributed by atoms with Crippen molar-refractivity contribution in [3.63, 3.8) is 0 Å². The van der Waals surface area contributed by atoms with Crippen molar-refractivity contribution in [2.24, 2.45) is 5.92 Å². The molecule has 2 rings (SSSR count). The molecule has 0 amide bonds. The molecule has 0 fully saturated rings. The van der Waals surface area contributed by atoms with Crippen molar-refractivity contribution in [2.75, 3.05) is 6.61 Å². The zero-order valence-electron chi connectivity index (χ0n) is 10.7. The first-order valence-electron chi connectivity index (χ1n) is 6.62. The lowest BCUT2D eigenvalue weighted by Gasteiger charge is -2.20. The zero-order valence-corrected chi connectivity index (χ0v) is 10.7. The Balaban J connectivity index is 1.62. The molecule has 0 saturated carbocycles. The van der Waals surface area contributed by atoms with Crippen LogP contribution in [0.3, 0.4) is 0 Å². The zero-order chi connectivity index (χ0) is 11.9. The van der Waals surface area contributed by atoms with Crippen molar-refractivity contribution >= 4 is 0 Å². The molecule has 0 spiro atoms. The summed E-state index contributed by atoms with van der Waals surface area (Å²) in [5.74, 6) is 0.843. The predicted molar refractivity (Wildman–Crippen MR) is 71.8 cm³/mol. The molecule has 1 aromatic carbocycles. The number of allylic oxidation sites excluding steroid dienone is 2. The van der Waals surface area contributed by atoms with E-state index in [4.69, 9.17) is 4.74 Å². The van der Waals surface area contributed by atoms with E-state index >= 15 is 0 Å². The van der Waals surface area contributed by atoms with Crippen LogP contribution in [0.5, 0.6) is 0 Å². The Morgan fingerprint density at radius 2 is 2.06 bits per heavy atom. The van der Waals surface area contributed by atoms with Crippen molar-refractivity contribution in [3.8, 4) is 0 Å². The molecule has 0 N–H and O–H groups in total. The second-order valence-electron chi connectivity index (χ2n) is 5.02. The SMILES string of the molecule is CC1=CCCC(CCOCc2ccccc2)C1. The second-order valence-corrected chi connectivity index (χ2v) is 5.02. The lowest BCUT2D eigenvalue weighted by atomic mass is 9.87. The highest BCUT2D eigenvalue weighted by Crippen LogP contribution is 2.26. The fraction of sp³-hybridized carbons (Fsp3) is 0.500. The van der Waals surface area contributed by atoms with Gasteiger partial charge in [-0.3, -0.25) is 0 Å². The van der Waals surface area contributed by atoms with Crippen molar-refractivity contribution < 1.29 is 4.74 Å². The Labute approximate surface area is 104 Å². The van der Waals surface area contributed by atoms with Gasteiger partial charge in [0.2, 0.25) is 0 Å². The standard InChI is InChI=1S/C16H22O/c1-14-6-5-9-15(12-14)10-11-17-13-16-7-3-2-4-8-16/h2-4,6-8,15H,5,9-13H2,1H3. The first kappa shape index (κ1) is 12.4. The molecule has 0 saturated heterocycles. The summed E-state index contributed by atoms with van der Waals surface area (Å²) in [6.45, 7) is 3.90. The predicted octanol–water partition coefficient (Wildman–Crippen LogP) is 4.34. The Kier molecular flexibility index (Phi) is 4.81. The minimum Gasteiger partial charge on any atom is -0.377 e. The van der Waals surface area contributed by atoms with Gasteiger partial charge >= 0.3 is 0 Å². The Morgan fingerprint density at radius 3 is 2.82 bits per heavy atom. The van der Waals surface area contributed by atoms with Gasteiger partial charge in [0.15, 0.2) is 0 Å². The molecule has 1 heteroatoms. The first-order valence-corrected chi connectivity index (χ1v) is 6.62. The van der Waals surface area contributed by atoms with Crippen molar-refractivity contribution in [1.82, 2.24) is 0 Å². The molecule has 17 heavy (non-hydrogen) atoms. The van der Waals surface area contributed by atoms with Crippen LogP contribution in [0.4, 0.5) is 0 Å². The van der Waals surface area contributed by atoms with Gasteiger partial charge < -0.3 is 4.74 Å². The molecule has 1 aliphatic carbocycles. The van der Waals surface area contributed by atoms with Gasteiger partial charge in [-0.25, -0.2) is 0 Å². The van der Waals surface area contributed by atoms with E-state index in [2.05, 4.69) is 37.3 Å². The lowest BCUT2D eigenvalue weighted by molar-refractivity contribution is 0.105. The number of ether oxygens (including phenoxy) is 1. The number of benzene rings is 1. The number of rotatable bonds is 5. The monoisotopic (exact) mass is 230 g/mol. The van der Waals surface area contributed by atoms with E-state index < -0.39 is 0 Å². The van der Waals surface area contributed by atoms with Gasteiger partial charge in [-0.2, -0.15) is 0 Å². The van der Waals surface area contributed by atoms with Crippen molar-refractivity contribution in [2.45, 2.75) is 39.2 Å². The maximum Gasteiger partial charge on any atom is 0.0716 e. The minimum atomic E-state index is 0.752. The normalized spacial score (nSPS) is 20.1. The number of hydrogen-bond acceptors (Lipinski definition) is 1. The van der Waals surface area contributed by atoms with E-state index in [1.165, 1.54) is 31.2 Å². The fourth-order valence-corrected chi connectivity index (χ4v) is 2.47. The molecule has 92 valence electrons. The minimum absolute atomic E-state index is 0.752. The third kappa shape index (κ3) is 4.35. The maximum atomic E-state index is 5.74. The lowest BCUT2D eigenvalue weighted by Crippen LogP contribution is -2.09. The van der Waals surface area contributed by atoms with E-state index in [9.17, 15) is 0 Å². The third-order valence-electron chi connectivity index (χ3n) is 3.46. The summed E-state index contributed by atoms with van der Waals surface area (Å²) < 4.78 is 5.74. The quantitative estimate of drug-likeness (QED) is 0.540. The molecule has 0 heterocycles. The first-order chi connectivity index (χ1) is 8.34. The van der Waals surface area contributed by atoms with Gasteiger partial charge in [0, 0.05) is 6.61 Å². The van der Waals surface area contributed by atoms with Gasteiger partial charge in [0.05, 0.1) is 6.61 Å². The molecule has 1 atom stereocenters. The van der Waals surface area contributed by atoms with Crippen LogP contribution in [-0.4, -0.2) is 6.61 Å². The third-order valence-corrected chi connectivity index (χ3v) is 3.46. The van der Waals surface area contributed by atoms with Crippen LogP contribution in [0.15, 0.2) is 42.0 Å². The van der Waals surface area contributed by atoms with Crippen LogP contribution in [0, 0.1) is 5.92 Å². The smallest absolute Gasteiger partial charge is 0.0716 e. The van der Waals surface area contributed by atoms with E-state index in [0.29, 0.717) is 0 Å². The van der Waals surface area contributed by atoms with Gasteiger partial charge in [-0.1, -0.05) is 42.0 Å². The highest BCUT2D eigenvalue weighted by Gasteiger charge is 2.12. The average Bonchev–Trinajstić information content (AvgIpc) is 2.36. The summed E-state index contributed by atoms with van der Waals surface area (Å²) >= 11 is 0. The topological polar surface area (TPSA) is 9.23 Å². The summed E-state index contributed by atoms with van der Waals surface area (Å²) in [5, 5.41) is 0. The van der Waals surface area contributed by atoms with E-state index in [1.54, 1.807) is 5.57 Å². The Morgan fingerprint density at radius 1 is 1.24 bits per heavy atom. The van der Waals surface area contributed by atoms with Crippen LogP contribution in [0.2, 0.25) is 0 Å². The molecule has 1 nitrogen and oxygen atoms in total. The van der Waals surface area contributed by atoms with Crippen LogP contribution in [0.25, 0.3) is 0 Å². The molecule has 1 aliphatic rings. The van der Waals surface area contributed by atoms with E-state index in [-0.39, 0.29) is 0 Å². The van der Waals surface area contributed by atoms with Crippen LogP contribution in [0.1, 0.15) is 38.2 Å². The van der Waals surface area contributed by atoms with Crippen LogP contribution >= 0.6 is 0 Å². The van der Waals surface area contributed by atoms with Crippen LogP contribution in [-0.2, 0) is 11.3 Å². The maximum absolute atomic E-state index is 5.74. The largest absolute Gasteiger partial charge is 0.377 e. The van der Waals surface area contributed by atoms with E-state index in [1.807, 2.05) is 6.07 Å². The highest BCUT2D eigenvalue weighted by atomic mass is 16.5. The highest BCUT2D eigenvalue weighted by molar-refractivity contribution is 5.13. The molecular weight excluding hydrogens is 208 g/mol. The molecule has 0 bridgehead atoms. The van der Waals surface area contributed by atoms with Crippen molar-refractivity contribution in [1.29, 1.82) is 0 Å². The van der Waals surface area contributed by atoms with E-state index in [0.717, 1.165) is 19.1 Å². The van der Waals surface area contributed by atoms with Gasteiger partial charge in [0.25, 0.3) is 0 Å². The average molecular weight is 230 g/mol. The van der Waals surface area contributed by atoms with Gasteiger partial charge in [-0.05, 0) is 44.1 Å².